The predicted molar refractivity (Wildman–Crippen MR) is 83.8 cm³/mol. The van der Waals surface area contributed by atoms with Crippen molar-refractivity contribution in [3.05, 3.63) is 57.0 Å². The Kier molecular flexibility index (Phi) is 3.94. The third-order valence-corrected chi connectivity index (χ3v) is 4.09. The maximum atomic E-state index is 11.8. The van der Waals surface area contributed by atoms with Gasteiger partial charge in [-0.3, -0.25) is 4.79 Å². The van der Waals surface area contributed by atoms with Gasteiger partial charge in [0.15, 0.2) is 0 Å². The fourth-order valence-corrected chi connectivity index (χ4v) is 2.81. The van der Waals surface area contributed by atoms with E-state index in [1.165, 1.54) is 15.8 Å². The number of rotatable bonds is 2. The number of fused-ring (bicyclic) bond motifs is 1. The number of halogens is 1. The highest BCUT2D eigenvalue weighted by atomic mass is 35.5. The zero-order valence-electron chi connectivity index (χ0n) is 11.8. The van der Waals surface area contributed by atoms with Gasteiger partial charge in [-0.05, 0) is 17.5 Å². The fraction of sp³-hybridized carbons (Fsp3) is 0.333. The van der Waals surface area contributed by atoms with Crippen LogP contribution in [0.1, 0.15) is 11.1 Å². The molecule has 1 aliphatic heterocycles. The molecule has 2 aromatic rings. The van der Waals surface area contributed by atoms with E-state index in [-0.39, 0.29) is 16.6 Å². The van der Waals surface area contributed by atoms with Crippen LogP contribution in [0.15, 0.2) is 35.3 Å². The summed E-state index contributed by atoms with van der Waals surface area (Å²) in [7, 11) is 1.58. The van der Waals surface area contributed by atoms with Crippen LogP contribution in [0.2, 0.25) is 5.02 Å². The van der Waals surface area contributed by atoms with Crippen molar-refractivity contribution < 1.29 is 0 Å². The number of aromatic nitrogens is 2. The molecule has 0 fully saturated rings. The first-order valence-electron chi connectivity index (χ1n) is 6.91. The monoisotopic (exact) mass is 304 g/mol. The molecule has 0 spiro atoms. The first-order valence-corrected chi connectivity index (χ1v) is 7.29. The van der Waals surface area contributed by atoms with Gasteiger partial charge >= 0.3 is 0 Å². The highest BCUT2D eigenvalue weighted by Crippen LogP contribution is 2.20. The van der Waals surface area contributed by atoms with E-state index >= 15 is 0 Å². The van der Waals surface area contributed by atoms with E-state index in [0.717, 1.165) is 19.5 Å². The molecule has 0 radical (unpaired) electrons. The van der Waals surface area contributed by atoms with Gasteiger partial charge in [0.25, 0.3) is 5.56 Å². The molecule has 0 aliphatic carbocycles. The summed E-state index contributed by atoms with van der Waals surface area (Å²) < 4.78 is 1.23. The van der Waals surface area contributed by atoms with Crippen molar-refractivity contribution in [1.82, 2.24) is 15.1 Å². The van der Waals surface area contributed by atoms with Gasteiger partial charge < -0.3 is 10.6 Å². The van der Waals surface area contributed by atoms with Crippen molar-refractivity contribution >= 4 is 17.3 Å². The summed E-state index contributed by atoms with van der Waals surface area (Å²) >= 11 is 6.10. The molecule has 5 nitrogen and oxygen atoms in total. The zero-order valence-corrected chi connectivity index (χ0v) is 12.5. The summed E-state index contributed by atoms with van der Waals surface area (Å²) in [5.74, 6) is 0. The number of hydrogen-bond acceptors (Lipinski definition) is 4. The van der Waals surface area contributed by atoms with Crippen molar-refractivity contribution in [2.75, 3.05) is 11.9 Å². The Labute approximate surface area is 127 Å². The minimum Gasteiger partial charge on any atom is -0.378 e. The Morgan fingerprint density at radius 2 is 2.14 bits per heavy atom. The first-order chi connectivity index (χ1) is 10.1. The molecule has 2 heterocycles. The molecule has 2 N–H and O–H groups in total. The topological polar surface area (TPSA) is 59.0 Å². The Morgan fingerprint density at radius 1 is 1.38 bits per heavy atom. The van der Waals surface area contributed by atoms with Crippen LogP contribution in [0, 0.1) is 0 Å². The number of nitrogens with zero attached hydrogens (tertiary/aromatic N) is 2. The normalized spacial score (nSPS) is 17.9. The lowest BCUT2D eigenvalue weighted by Crippen LogP contribution is -2.33. The smallest absolute Gasteiger partial charge is 0.287 e. The molecule has 110 valence electrons. The van der Waals surface area contributed by atoms with Crippen LogP contribution in [-0.4, -0.2) is 22.4 Å². The van der Waals surface area contributed by atoms with Crippen LogP contribution in [0.25, 0.3) is 0 Å². The second-order valence-electron chi connectivity index (χ2n) is 5.25. The fourth-order valence-electron chi connectivity index (χ4n) is 2.58. The van der Waals surface area contributed by atoms with E-state index < -0.39 is 0 Å². The van der Waals surface area contributed by atoms with Crippen LogP contribution in [-0.2, 0) is 20.0 Å². The van der Waals surface area contributed by atoms with Crippen molar-refractivity contribution in [3.63, 3.8) is 0 Å². The third kappa shape index (κ3) is 2.94. The molecule has 6 heteroatoms. The summed E-state index contributed by atoms with van der Waals surface area (Å²) in [4.78, 5) is 11.8. The number of hydrogen-bond donors (Lipinski definition) is 2. The van der Waals surface area contributed by atoms with Crippen LogP contribution in [0.4, 0.5) is 5.69 Å². The molecule has 1 aliphatic rings. The summed E-state index contributed by atoms with van der Waals surface area (Å²) in [5.41, 5.74) is 2.93. The van der Waals surface area contributed by atoms with Crippen LogP contribution in [0.3, 0.4) is 0 Å². The Bertz CT molecular complexity index is 713. The van der Waals surface area contributed by atoms with E-state index in [0.29, 0.717) is 5.69 Å². The summed E-state index contributed by atoms with van der Waals surface area (Å²) in [5, 5.41) is 10.9. The molecule has 0 saturated heterocycles. The van der Waals surface area contributed by atoms with E-state index in [1.807, 2.05) is 6.07 Å². The second kappa shape index (κ2) is 5.87. The molecule has 0 amide bonds. The van der Waals surface area contributed by atoms with Gasteiger partial charge in [-0.2, -0.15) is 5.10 Å². The lowest BCUT2D eigenvalue weighted by molar-refractivity contribution is 0.625. The quantitative estimate of drug-likeness (QED) is 0.884. The molecular formula is C15H17ClN4O. The van der Waals surface area contributed by atoms with Gasteiger partial charge in [0.05, 0.1) is 11.9 Å². The Morgan fingerprint density at radius 3 is 2.95 bits per heavy atom. The lowest BCUT2D eigenvalue weighted by Gasteiger charge is -2.18. The van der Waals surface area contributed by atoms with E-state index in [9.17, 15) is 4.79 Å². The van der Waals surface area contributed by atoms with Crippen molar-refractivity contribution in [1.29, 1.82) is 0 Å². The van der Waals surface area contributed by atoms with E-state index in [1.54, 1.807) is 13.2 Å². The average molecular weight is 305 g/mol. The maximum absolute atomic E-state index is 11.8. The molecule has 0 bridgehead atoms. The second-order valence-corrected chi connectivity index (χ2v) is 5.62. The van der Waals surface area contributed by atoms with E-state index in [4.69, 9.17) is 11.6 Å². The first kappa shape index (κ1) is 14.1. The van der Waals surface area contributed by atoms with Crippen LogP contribution in [0.5, 0.6) is 0 Å². The molecule has 3 rings (SSSR count). The van der Waals surface area contributed by atoms with Gasteiger partial charge in [-0.1, -0.05) is 35.9 Å². The van der Waals surface area contributed by atoms with Gasteiger partial charge in [-0.15, -0.1) is 0 Å². The van der Waals surface area contributed by atoms with Crippen molar-refractivity contribution in [2.45, 2.75) is 19.0 Å². The van der Waals surface area contributed by atoms with Gasteiger partial charge in [0.2, 0.25) is 0 Å². The Hall–Kier alpha value is -1.85. The minimum atomic E-state index is -0.288. The number of aryl methyl sites for hydroxylation is 1. The van der Waals surface area contributed by atoms with Crippen LogP contribution >= 0.6 is 11.6 Å². The predicted octanol–water partition coefficient (Wildman–Crippen LogP) is 1.56. The third-order valence-electron chi connectivity index (χ3n) is 3.73. The summed E-state index contributed by atoms with van der Waals surface area (Å²) in [6, 6.07) is 8.54. The SMILES string of the molecule is Cn1ncc(N[C@H]2CNCc3ccccc3C2)c(Cl)c1=O. The van der Waals surface area contributed by atoms with Gasteiger partial charge in [0, 0.05) is 26.2 Å². The van der Waals surface area contributed by atoms with E-state index in [2.05, 4.69) is 33.9 Å². The van der Waals surface area contributed by atoms with Crippen LogP contribution < -0.4 is 16.2 Å². The van der Waals surface area contributed by atoms with Gasteiger partial charge in [-0.25, -0.2) is 4.68 Å². The van der Waals surface area contributed by atoms with Crippen molar-refractivity contribution in [3.8, 4) is 0 Å². The largest absolute Gasteiger partial charge is 0.378 e. The minimum absolute atomic E-state index is 0.167. The average Bonchev–Trinajstić information content (AvgIpc) is 2.69. The zero-order chi connectivity index (χ0) is 14.8. The molecular weight excluding hydrogens is 288 g/mol. The number of nitrogens with one attached hydrogen (secondary N) is 2. The molecule has 0 unspecified atom stereocenters. The number of anilines is 1. The molecule has 1 aromatic carbocycles. The van der Waals surface area contributed by atoms with Crippen molar-refractivity contribution in [2.24, 2.45) is 7.05 Å². The maximum Gasteiger partial charge on any atom is 0.287 e. The highest BCUT2D eigenvalue weighted by Gasteiger charge is 2.18. The summed E-state index contributed by atoms with van der Waals surface area (Å²) in [6.45, 7) is 1.66. The molecule has 21 heavy (non-hydrogen) atoms. The molecule has 1 atom stereocenters. The lowest BCUT2D eigenvalue weighted by atomic mass is 10.0. The molecule has 0 saturated carbocycles. The Balaban J connectivity index is 1.83. The number of benzene rings is 1. The standard InChI is InChI=1S/C15H17ClN4O/c1-20-15(21)14(16)13(9-18-20)19-12-6-10-4-2-3-5-11(10)7-17-8-12/h2-5,9,12,17,19H,6-8H2,1H3/t12-/m1/s1. The van der Waals surface area contributed by atoms with Gasteiger partial charge in [0.1, 0.15) is 5.02 Å². The molecule has 1 aromatic heterocycles. The summed E-state index contributed by atoms with van der Waals surface area (Å²) in [6.07, 6.45) is 2.48. The highest BCUT2D eigenvalue weighted by molar-refractivity contribution is 6.32.